The van der Waals surface area contributed by atoms with E-state index in [1.807, 2.05) is 6.07 Å². The van der Waals surface area contributed by atoms with Gasteiger partial charge in [0.05, 0.1) is 14.2 Å². The van der Waals surface area contributed by atoms with Crippen LogP contribution in [-0.2, 0) is 5.41 Å². The Labute approximate surface area is 188 Å². The highest BCUT2D eigenvalue weighted by Gasteiger charge is 2.50. The van der Waals surface area contributed by atoms with Crippen molar-refractivity contribution < 1.29 is 14.3 Å². The Bertz CT molecular complexity index is 956. The Balaban J connectivity index is 1.48. The van der Waals surface area contributed by atoms with Crippen LogP contribution in [0.4, 0.5) is 10.6 Å². The molecular formula is C23H29ClN4O3. The Kier molecular flexibility index (Phi) is 6.25. The van der Waals surface area contributed by atoms with Crippen LogP contribution in [0.5, 0.6) is 11.5 Å². The highest BCUT2D eigenvalue weighted by Crippen LogP contribution is 2.49. The highest BCUT2D eigenvalue weighted by atomic mass is 35.5. The lowest BCUT2D eigenvalue weighted by Gasteiger charge is -2.45. The van der Waals surface area contributed by atoms with Crippen LogP contribution in [0.25, 0.3) is 0 Å². The number of pyridine rings is 1. The van der Waals surface area contributed by atoms with Crippen molar-refractivity contribution in [3.05, 3.63) is 47.1 Å². The van der Waals surface area contributed by atoms with Crippen molar-refractivity contribution in [3.63, 3.8) is 0 Å². The van der Waals surface area contributed by atoms with E-state index >= 15 is 0 Å². The molecule has 0 spiro atoms. The van der Waals surface area contributed by atoms with Gasteiger partial charge in [-0.2, -0.15) is 0 Å². The number of urea groups is 1. The summed E-state index contributed by atoms with van der Waals surface area (Å²) in [7, 11) is 5.50. The number of fused-ring (bicyclic) bond motifs is 1. The molecule has 7 nitrogen and oxygen atoms in total. The van der Waals surface area contributed by atoms with E-state index in [-0.39, 0.29) is 17.5 Å². The number of benzene rings is 1. The first kappa shape index (κ1) is 21.7. The molecular weight excluding hydrogens is 416 g/mol. The van der Waals surface area contributed by atoms with Crippen molar-refractivity contribution in [1.82, 2.24) is 15.2 Å². The van der Waals surface area contributed by atoms with Crippen molar-refractivity contribution >= 4 is 23.4 Å². The van der Waals surface area contributed by atoms with Gasteiger partial charge < -0.3 is 19.7 Å². The van der Waals surface area contributed by atoms with Crippen molar-refractivity contribution in [3.8, 4) is 11.5 Å². The maximum Gasteiger partial charge on any atom is 0.320 e. The minimum Gasteiger partial charge on any atom is -0.493 e. The zero-order valence-electron chi connectivity index (χ0n) is 18.2. The molecule has 3 atom stereocenters. The number of halogens is 1. The zero-order valence-corrected chi connectivity index (χ0v) is 18.9. The van der Waals surface area contributed by atoms with Gasteiger partial charge in [0.1, 0.15) is 5.82 Å². The van der Waals surface area contributed by atoms with Gasteiger partial charge in [0, 0.05) is 28.7 Å². The van der Waals surface area contributed by atoms with Crippen molar-refractivity contribution in [2.75, 3.05) is 33.1 Å². The van der Waals surface area contributed by atoms with Gasteiger partial charge in [-0.05, 0) is 69.1 Å². The molecule has 2 amide bonds. The Morgan fingerprint density at radius 1 is 1.19 bits per heavy atom. The third kappa shape index (κ3) is 4.29. The largest absolute Gasteiger partial charge is 0.493 e. The number of amides is 2. The molecule has 1 aromatic carbocycles. The van der Waals surface area contributed by atoms with Crippen molar-refractivity contribution in [1.29, 1.82) is 0 Å². The number of methoxy groups -OCH3 is 2. The Hall–Kier alpha value is -2.51. The number of likely N-dealkylation sites (N-methyl/N-ethyl adjacent to an activating group) is 1. The summed E-state index contributed by atoms with van der Waals surface area (Å²) in [6.45, 7) is 1.03. The maximum absolute atomic E-state index is 12.5. The average Bonchev–Trinajstić information content (AvgIpc) is 3.10. The molecule has 4 rings (SSSR count). The SMILES string of the molecule is COc1ccc([C@@]23CC[C@H](NC(=O)Nc4cc(Cl)ccn4)C[C@H]2N(C)CC3)cc1OC. The molecule has 2 aliphatic rings. The molecule has 2 N–H and O–H groups in total. The average molecular weight is 445 g/mol. The number of hydrogen-bond donors (Lipinski definition) is 2. The monoisotopic (exact) mass is 444 g/mol. The second kappa shape index (κ2) is 8.93. The van der Waals surface area contributed by atoms with Crippen LogP contribution in [0.15, 0.2) is 36.5 Å². The van der Waals surface area contributed by atoms with Gasteiger partial charge in [0.15, 0.2) is 11.5 Å². The number of rotatable bonds is 5. The van der Waals surface area contributed by atoms with Crippen LogP contribution >= 0.6 is 11.6 Å². The molecule has 1 saturated heterocycles. The van der Waals surface area contributed by atoms with Crippen molar-refractivity contribution in [2.45, 2.75) is 43.2 Å². The molecule has 0 radical (unpaired) electrons. The quantitative estimate of drug-likeness (QED) is 0.727. The molecule has 8 heteroatoms. The smallest absolute Gasteiger partial charge is 0.320 e. The highest BCUT2D eigenvalue weighted by molar-refractivity contribution is 6.30. The first-order valence-corrected chi connectivity index (χ1v) is 10.9. The lowest BCUT2D eigenvalue weighted by Crippen LogP contribution is -2.52. The third-order valence-corrected chi connectivity index (χ3v) is 7.02. The summed E-state index contributed by atoms with van der Waals surface area (Å²) in [4.78, 5) is 19.1. The van der Waals surface area contributed by atoms with Gasteiger partial charge in [-0.3, -0.25) is 5.32 Å². The van der Waals surface area contributed by atoms with Crippen molar-refractivity contribution in [2.24, 2.45) is 0 Å². The lowest BCUT2D eigenvalue weighted by atomic mass is 9.65. The van der Waals surface area contributed by atoms with Gasteiger partial charge >= 0.3 is 6.03 Å². The van der Waals surface area contributed by atoms with Crippen LogP contribution in [0.3, 0.4) is 0 Å². The van der Waals surface area contributed by atoms with E-state index in [2.05, 4.69) is 39.7 Å². The number of hydrogen-bond acceptors (Lipinski definition) is 5. The van der Waals surface area contributed by atoms with Crippen LogP contribution in [0.2, 0.25) is 5.02 Å². The zero-order chi connectivity index (χ0) is 22.0. The third-order valence-electron chi connectivity index (χ3n) is 6.78. The van der Waals surface area contributed by atoms with Gasteiger partial charge in [-0.1, -0.05) is 17.7 Å². The van der Waals surface area contributed by atoms with Crippen LogP contribution in [0, 0.1) is 0 Å². The predicted octanol–water partition coefficient (Wildman–Crippen LogP) is 4.07. The number of carbonyl (C=O) groups is 1. The summed E-state index contributed by atoms with van der Waals surface area (Å²) < 4.78 is 11.0. The summed E-state index contributed by atoms with van der Waals surface area (Å²) in [5, 5.41) is 6.44. The molecule has 1 aliphatic carbocycles. The molecule has 0 unspecified atom stereocenters. The second-order valence-electron chi connectivity index (χ2n) is 8.40. The van der Waals surface area contributed by atoms with Gasteiger partial charge in [-0.15, -0.1) is 0 Å². The van der Waals surface area contributed by atoms with E-state index in [9.17, 15) is 4.79 Å². The van der Waals surface area contributed by atoms with Gasteiger partial charge in [0.25, 0.3) is 0 Å². The number of ether oxygens (including phenoxy) is 2. The molecule has 1 saturated carbocycles. The molecule has 1 aromatic heterocycles. The summed E-state index contributed by atoms with van der Waals surface area (Å²) in [6, 6.07) is 9.78. The minimum absolute atomic E-state index is 0.0530. The maximum atomic E-state index is 12.5. The van der Waals surface area contributed by atoms with E-state index in [1.165, 1.54) is 5.56 Å². The van der Waals surface area contributed by atoms with Crippen LogP contribution in [-0.4, -0.2) is 55.8 Å². The molecule has 2 aromatic rings. The van der Waals surface area contributed by atoms with E-state index in [4.69, 9.17) is 21.1 Å². The molecule has 2 fully saturated rings. The topological polar surface area (TPSA) is 75.7 Å². The number of likely N-dealkylation sites (tertiary alicyclic amines) is 1. The second-order valence-corrected chi connectivity index (χ2v) is 8.84. The first-order valence-electron chi connectivity index (χ1n) is 10.6. The molecule has 166 valence electrons. The fourth-order valence-electron chi connectivity index (χ4n) is 5.21. The normalized spacial score (nSPS) is 25.5. The summed E-state index contributed by atoms with van der Waals surface area (Å²) in [5.41, 5.74) is 1.34. The van der Waals surface area contributed by atoms with Crippen LogP contribution in [0.1, 0.15) is 31.2 Å². The lowest BCUT2D eigenvalue weighted by molar-refractivity contribution is 0.156. The van der Waals surface area contributed by atoms with E-state index in [0.717, 1.165) is 43.7 Å². The Morgan fingerprint density at radius 2 is 2.00 bits per heavy atom. The number of carbonyl (C=O) groups excluding carboxylic acids is 1. The Morgan fingerprint density at radius 3 is 2.74 bits per heavy atom. The number of anilines is 1. The van der Waals surface area contributed by atoms with Gasteiger partial charge in [0.2, 0.25) is 0 Å². The van der Waals surface area contributed by atoms with E-state index in [0.29, 0.717) is 16.9 Å². The number of nitrogens with one attached hydrogen (secondary N) is 2. The summed E-state index contributed by atoms with van der Waals surface area (Å²) in [5.74, 6) is 1.95. The first-order chi connectivity index (χ1) is 14.9. The van der Waals surface area contributed by atoms with E-state index < -0.39 is 0 Å². The fourth-order valence-corrected chi connectivity index (χ4v) is 5.37. The van der Waals surface area contributed by atoms with Gasteiger partial charge in [-0.25, -0.2) is 9.78 Å². The minimum atomic E-state index is -0.251. The van der Waals surface area contributed by atoms with Crippen LogP contribution < -0.4 is 20.1 Å². The molecule has 0 bridgehead atoms. The summed E-state index contributed by atoms with van der Waals surface area (Å²) >= 11 is 5.98. The molecule has 31 heavy (non-hydrogen) atoms. The van der Waals surface area contributed by atoms with E-state index in [1.54, 1.807) is 32.5 Å². The number of aromatic nitrogens is 1. The number of nitrogens with zero attached hydrogens (tertiary/aromatic N) is 2. The molecule has 2 heterocycles. The predicted molar refractivity (Wildman–Crippen MR) is 121 cm³/mol. The molecule has 1 aliphatic heterocycles. The standard InChI is InChI=1S/C23H29ClN4O3/c1-28-11-9-23(15-4-5-18(30-2)19(12-15)31-3)8-6-17(14-20(23)28)26-22(29)27-21-13-16(24)7-10-25-21/h4-5,7,10,12-13,17,20H,6,8-9,11,14H2,1-3H3,(H2,25,26,27,29)/t17-,20+,23-/m0/s1. The summed E-state index contributed by atoms with van der Waals surface area (Å²) in [6.07, 6.45) is 5.46. The fraction of sp³-hybridized carbons (Fsp3) is 0.478.